The zero-order valence-electron chi connectivity index (χ0n) is 21.1. The average molecular weight is 545 g/mol. The van der Waals surface area contributed by atoms with Gasteiger partial charge in [0, 0.05) is 36.8 Å². The number of carboxylic acid groups (broad SMARTS) is 2. The van der Waals surface area contributed by atoms with Crippen LogP contribution in [0, 0.1) is 0 Å². The largest absolute Gasteiger partial charge is 0.478 e. The number of carbonyl (C=O) groups excluding carboxylic acids is 1. The Morgan fingerprint density at radius 1 is 1.00 bits per heavy atom. The first-order chi connectivity index (χ1) is 18.3. The molecule has 9 nitrogen and oxygen atoms in total. The third kappa shape index (κ3) is 9.48. The maximum absolute atomic E-state index is 12.8. The van der Waals surface area contributed by atoms with Crippen molar-refractivity contribution in [1.29, 1.82) is 0 Å². The molecule has 2 N–H and O–H groups in total. The Labute approximate surface area is 227 Å². The zero-order chi connectivity index (χ0) is 27.3. The van der Waals surface area contributed by atoms with E-state index < -0.39 is 11.9 Å². The first kappa shape index (κ1) is 29.2. The minimum absolute atomic E-state index is 0.0202. The van der Waals surface area contributed by atoms with Crippen LogP contribution in [0.4, 0.5) is 4.79 Å². The topological polar surface area (TPSA) is 117 Å². The molecular formula is C28H33ClN2O7. The SMILES string of the molecule is O=C(O)/C=C/C(=O)O.O=C1OC(CCc2ccccc2Cl)CN1C(CCN1CCOCC1)c1ccccc1. The van der Waals surface area contributed by atoms with Gasteiger partial charge in [-0.3, -0.25) is 9.80 Å². The number of carboxylic acids is 2. The van der Waals surface area contributed by atoms with Gasteiger partial charge in [-0.15, -0.1) is 0 Å². The van der Waals surface area contributed by atoms with Crippen LogP contribution in [0.25, 0.3) is 0 Å². The molecule has 2 saturated heterocycles. The number of rotatable bonds is 10. The van der Waals surface area contributed by atoms with Gasteiger partial charge in [-0.05, 0) is 36.5 Å². The lowest BCUT2D eigenvalue weighted by Crippen LogP contribution is -2.39. The molecule has 2 aliphatic rings. The normalized spacial score (nSPS) is 18.5. The van der Waals surface area contributed by atoms with E-state index in [1.165, 1.54) is 0 Å². The Balaban J connectivity index is 0.000000436. The van der Waals surface area contributed by atoms with Crippen LogP contribution < -0.4 is 0 Å². The lowest BCUT2D eigenvalue weighted by atomic mass is 10.0. The number of hydrogen-bond donors (Lipinski definition) is 2. The fourth-order valence-electron chi connectivity index (χ4n) is 4.41. The lowest BCUT2D eigenvalue weighted by molar-refractivity contribution is -0.134. The van der Waals surface area contributed by atoms with Gasteiger partial charge in [0.15, 0.2) is 0 Å². The van der Waals surface area contributed by atoms with E-state index in [-0.39, 0.29) is 18.2 Å². The average Bonchev–Trinajstić information content (AvgIpc) is 3.29. The minimum atomic E-state index is -1.26. The van der Waals surface area contributed by atoms with Crippen LogP contribution in [0.5, 0.6) is 0 Å². The maximum Gasteiger partial charge on any atom is 0.410 e. The molecule has 0 radical (unpaired) electrons. The summed E-state index contributed by atoms with van der Waals surface area (Å²) in [6, 6.07) is 18.2. The van der Waals surface area contributed by atoms with Crippen LogP contribution in [-0.4, -0.2) is 83.5 Å². The number of amides is 1. The number of benzene rings is 2. The van der Waals surface area contributed by atoms with Crippen molar-refractivity contribution in [3.05, 3.63) is 82.9 Å². The quantitative estimate of drug-likeness (QED) is 0.426. The van der Waals surface area contributed by atoms with E-state index >= 15 is 0 Å². The zero-order valence-corrected chi connectivity index (χ0v) is 21.8. The number of cyclic esters (lactones) is 1. The molecule has 0 saturated carbocycles. The van der Waals surface area contributed by atoms with Crippen LogP contribution in [-0.2, 0) is 25.5 Å². The van der Waals surface area contributed by atoms with Crippen LogP contribution >= 0.6 is 11.6 Å². The molecule has 2 aromatic carbocycles. The molecule has 0 spiro atoms. The van der Waals surface area contributed by atoms with E-state index in [1.54, 1.807) is 0 Å². The van der Waals surface area contributed by atoms with Crippen molar-refractivity contribution in [3.63, 3.8) is 0 Å². The number of morpholine rings is 1. The summed E-state index contributed by atoms with van der Waals surface area (Å²) in [5.41, 5.74) is 2.26. The summed E-state index contributed by atoms with van der Waals surface area (Å²) in [5.74, 6) is -2.51. The standard InChI is InChI=1S/C24H29ClN2O3.C4H4O4/c25-22-9-5-4-6-19(22)10-11-21-18-27(24(28)30-21)23(20-7-2-1-3-8-20)12-13-26-14-16-29-17-15-26;5-3(6)1-2-4(7)8/h1-9,21,23H,10-18H2;1-2H,(H,5,6)(H,7,8)/b;2-1+. The molecular weight excluding hydrogens is 512 g/mol. The summed E-state index contributed by atoms with van der Waals surface area (Å²) >= 11 is 6.28. The van der Waals surface area contributed by atoms with Gasteiger partial charge in [0.1, 0.15) is 6.10 Å². The highest BCUT2D eigenvalue weighted by molar-refractivity contribution is 6.31. The van der Waals surface area contributed by atoms with E-state index in [2.05, 4.69) is 17.0 Å². The van der Waals surface area contributed by atoms with Gasteiger partial charge < -0.3 is 19.7 Å². The molecule has 0 bridgehead atoms. The molecule has 2 heterocycles. The summed E-state index contributed by atoms with van der Waals surface area (Å²) in [6.45, 7) is 5.03. The highest BCUT2D eigenvalue weighted by atomic mass is 35.5. The second-order valence-electron chi connectivity index (χ2n) is 8.97. The van der Waals surface area contributed by atoms with Gasteiger partial charge in [-0.2, -0.15) is 0 Å². The molecule has 10 heteroatoms. The van der Waals surface area contributed by atoms with Crippen LogP contribution in [0.15, 0.2) is 66.7 Å². The van der Waals surface area contributed by atoms with Gasteiger partial charge in [0.05, 0.1) is 25.8 Å². The predicted octanol–water partition coefficient (Wildman–Crippen LogP) is 4.27. The molecule has 204 valence electrons. The predicted molar refractivity (Wildman–Crippen MR) is 142 cm³/mol. The number of halogens is 1. The van der Waals surface area contributed by atoms with Crippen LogP contribution in [0.2, 0.25) is 5.02 Å². The van der Waals surface area contributed by atoms with Crippen molar-refractivity contribution in [2.75, 3.05) is 39.4 Å². The van der Waals surface area contributed by atoms with Crippen molar-refractivity contribution in [3.8, 4) is 0 Å². The third-order valence-corrected chi connectivity index (χ3v) is 6.72. The molecule has 38 heavy (non-hydrogen) atoms. The summed E-state index contributed by atoms with van der Waals surface area (Å²) in [6.07, 6.45) is 3.26. The molecule has 1 amide bonds. The van der Waals surface area contributed by atoms with Gasteiger partial charge in [0.25, 0.3) is 0 Å². The Morgan fingerprint density at radius 2 is 1.63 bits per heavy atom. The third-order valence-electron chi connectivity index (χ3n) is 6.35. The van der Waals surface area contributed by atoms with Gasteiger partial charge in [-0.1, -0.05) is 60.1 Å². The van der Waals surface area contributed by atoms with Crippen molar-refractivity contribution in [2.24, 2.45) is 0 Å². The molecule has 2 fully saturated rings. The van der Waals surface area contributed by atoms with Crippen molar-refractivity contribution in [1.82, 2.24) is 9.80 Å². The van der Waals surface area contributed by atoms with Gasteiger partial charge in [-0.25, -0.2) is 14.4 Å². The Hall–Kier alpha value is -3.40. The first-order valence-corrected chi connectivity index (χ1v) is 12.9. The summed E-state index contributed by atoms with van der Waals surface area (Å²) < 4.78 is 11.2. The van der Waals surface area contributed by atoms with E-state index in [4.69, 9.17) is 31.3 Å². The minimum Gasteiger partial charge on any atom is -0.478 e. The number of ether oxygens (including phenoxy) is 2. The number of aryl methyl sites for hydroxylation is 1. The fourth-order valence-corrected chi connectivity index (χ4v) is 4.64. The van der Waals surface area contributed by atoms with E-state index in [0.29, 0.717) is 18.7 Å². The maximum atomic E-state index is 12.8. The number of nitrogens with zero attached hydrogens (tertiary/aromatic N) is 2. The van der Waals surface area contributed by atoms with Crippen LogP contribution in [0.1, 0.15) is 30.0 Å². The summed E-state index contributed by atoms with van der Waals surface area (Å²) in [5, 5.41) is 16.4. The second kappa shape index (κ2) is 15.1. The van der Waals surface area contributed by atoms with Gasteiger partial charge >= 0.3 is 18.0 Å². The smallest absolute Gasteiger partial charge is 0.410 e. The van der Waals surface area contributed by atoms with E-state index in [9.17, 15) is 14.4 Å². The molecule has 4 rings (SSSR count). The lowest BCUT2D eigenvalue weighted by Gasteiger charge is -2.31. The molecule has 2 atom stereocenters. The Bertz CT molecular complexity index is 1070. The second-order valence-corrected chi connectivity index (χ2v) is 9.37. The van der Waals surface area contributed by atoms with Crippen molar-refractivity contribution < 1.29 is 34.1 Å². The fraction of sp³-hybridized carbons (Fsp3) is 0.393. The summed E-state index contributed by atoms with van der Waals surface area (Å²) in [7, 11) is 0. The van der Waals surface area contributed by atoms with Crippen molar-refractivity contribution in [2.45, 2.75) is 31.4 Å². The van der Waals surface area contributed by atoms with E-state index in [1.807, 2.05) is 47.4 Å². The van der Waals surface area contributed by atoms with Crippen LogP contribution in [0.3, 0.4) is 0 Å². The number of aliphatic carboxylic acids is 2. The molecule has 2 aliphatic heterocycles. The van der Waals surface area contributed by atoms with Crippen molar-refractivity contribution >= 4 is 29.6 Å². The molecule has 0 aromatic heterocycles. The summed E-state index contributed by atoms with van der Waals surface area (Å²) in [4.78, 5) is 36.2. The highest BCUT2D eigenvalue weighted by Gasteiger charge is 2.36. The first-order valence-electron chi connectivity index (χ1n) is 12.5. The number of hydrogen-bond acceptors (Lipinski definition) is 6. The monoisotopic (exact) mass is 544 g/mol. The highest BCUT2D eigenvalue weighted by Crippen LogP contribution is 2.31. The Morgan fingerprint density at radius 3 is 2.26 bits per heavy atom. The molecule has 2 unspecified atom stereocenters. The Kier molecular flexibility index (Phi) is 11.6. The molecule has 2 aromatic rings. The number of carbonyl (C=O) groups is 3. The van der Waals surface area contributed by atoms with Gasteiger partial charge in [0.2, 0.25) is 0 Å². The van der Waals surface area contributed by atoms with E-state index in [0.717, 1.165) is 68.3 Å². The molecule has 0 aliphatic carbocycles.